The maximum absolute atomic E-state index is 14.2. The summed E-state index contributed by atoms with van der Waals surface area (Å²) in [5.41, 5.74) is 0.557. The Hall–Kier alpha value is -2.77. The number of hydrogen-bond acceptors (Lipinski definition) is 6. The van der Waals surface area contributed by atoms with Gasteiger partial charge in [-0.2, -0.15) is 0 Å². The van der Waals surface area contributed by atoms with Crippen molar-refractivity contribution in [2.24, 2.45) is 0 Å². The summed E-state index contributed by atoms with van der Waals surface area (Å²) in [4.78, 5) is 24.1. The van der Waals surface area contributed by atoms with Crippen LogP contribution in [0.5, 0.6) is 0 Å². The number of benzene rings is 2. The Morgan fingerprint density at radius 1 is 0.962 bits per heavy atom. The van der Waals surface area contributed by atoms with E-state index in [9.17, 15) is 19.1 Å². The zero-order valence-electron chi connectivity index (χ0n) is 13.7. The summed E-state index contributed by atoms with van der Waals surface area (Å²) in [6.45, 7) is -0.363. The number of aliphatic hydroxyl groups excluding tert-OH is 1. The zero-order valence-corrected chi connectivity index (χ0v) is 13.7. The Morgan fingerprint density at radius 2 is 1.50 bits per heavy atom. The van der Waals surface area contributed by atoms with Crippen molar-refractivity contribution in [2.75, 3.05) is 6.61 Å². The number of alkyl halides is 1. The van der Waals surface area contributed by atoms with E-state index in [0.717, 1.165) is 0 Å². The Morgan fingerprint density at radius 3 is 2.08 bits per heavy atom. The minimum absolute atomic E-state index is 0.237. The minimum Gasteiger partial charge on any atom is -0.459 e. The molecule has 0 bridgehead atoms. The van der Waals surface area contributed by atoms with Crippen molar-refractivity contribution in [2.45, 2.75) is 24.7 Å². The fraction of sp³-hybridized carbons (Fsp3) is 0.263. The highest BCUT2D eigenvalue weighted by Crippen LogP contribution is 2.26. The highest BCUT2D eigenvalue weighted by molar-refractivity contribution is 5.90. The van der Waals surface area contributed by atoms with E-state index >= 15 is 0 Å². The lowest BCUT2D eigenvalue weighted by atomic mass is 10.1. The van der Waals surface area contributed by atoms with Crippen LogP contribution in [0.25, 0.3) is 0 Å². The molecule has 1 aliphatic rings. The third-order valence-electron chi connectivity index (χ3n) is 3.91. The molecule has 1 saturated heterocycles. The van der Waals surface area contributed by atoms with Gasteiger partial charge in [-0.1, -0.05) is 36.4 Å². The fourth-order valence-electron chi connectivity index (χ4n) is 2.56. The lowest BCUT2D eigenvalue weighted by Gasteiger charge is -2.19. The predicted octanol–water partition coefficient (Wildman–Crippen LogP) is 2.12. The van der Waals surface area contributed by atoms with E-state index in [1.165, 1.54) is 12.1 Å². The number of rotatable bonds is 5. The molecule has 6 nitrogen and oxygen atoms in total. The molecule has 0 radical (unpaired) electrons. The maximum Gasteiger partial charge on any atom is 0.338 e. The van der Waals surface area contributed by atoms with E-state index in [0.29, 0.717) is 5.56 Å². The number of esters is 2. The average Bonchev–Trinajstić information content (AvgIpc) is 2.95. The molecule has 4 atom stereocenters. The van der Waals surface area contributed by atoms with Crippen LogP contribution in [-0.4, -0.2) is 48.3 Å². The Balaban J connectivity index is 1.63. The standard InChI is InChI=1S/C19H17FO6/c20-15-16(26-18(22)13-9-5-2-6-10-13)14(25-19(15)23)11-24-17(21)12-7-3-1-4-8-12/h1-10,14-16,19,23H,11H2/t14-,15-,16+,19?/m0/s1. The second kappa shape index (κ2) is 8.07. The summed E-state index contributed by atoms with van der Waals surface area (Å²) < 4.78 is 29.4. The molecule has 0 spiro atoms. The lowest BCUT2D eigenvalue weighted by molar-refractivity contribution is -0.122. The molecule has 7 heteroatoms. The quantitative estimate of drug-likeness (QED) is 0.823. The molecule has 1 fully saturated rings. The minimum atomic E-state index is -1.94. The van der Waals surface area contributed by atoms with Crippen LogP contribution < -0.4 is 0 Å². The molecule has 2 aromatic carbocycles. The Bertz CT molecular complexity index is 751. The van der Waals surface area contributed by atoms with Gasteiger partial charge in [0.25, 0.3) is 0 Å². The molecule has 3 rings (SSSR count). The third kappa shape index (κ3) is 4.07. The van der Waals surface area contributed by atoms with Crippen LogP contribution >= 0.6 is 0 Å². The Labute approximate surface area is 149 Å². The van der Waals surface area contributed by atoms with Crippen LogP contribution in [0.2, 0.25) is 0 Å². The molecule has 1 unspecified atom stereocenters. The first-order valence-electron chi connectivity index (χ1n) is 8.02. The van der Waals surface area contributed by atoms with Gasteiger partial charge in [-0.05, 0) is 24.3 Å². The van der Waals surface area contributed by atoms with Crippen molar-refractivity contribution in [3.63, 3.8) is 0 Å². The van der Waals surface area contributed by atoms with Crippen molar-refractivity contribution >= 4 is 11.9 Å². The van der Waals surface area contributed by atoms with Gasteiger partial charge < -0.3 is 19.3 Å². The van der Waals surface area contributed by atoms with Gasteiger partial charge in [0.05, 0.1) is 11.1 Å². The van der Waals surface area contributed by atoms with E-state index in [2.05, 4.69) is 0 Å². The van der Waals surface area contributed by atoms with Crippen molar-refractivity contribution in [1.82, 2.24) is 0 Å². The van der Waals surface area contributed by atoms with Crippen LogP contribution in [0, 0.1) is 0 Å². The van der Waals surface area contributed by atoms with Crippen LogP contribution in [-0.2, 0) is 14.2 Å². The van der Waals surface area contributed by atoms with E-state index in [-0.39, 0.29) is 12.2 Å². The zero-order chi connectivity index (χ0) is 18.5. The molecule has 0 saturated carbocycles. The number of hydrogen-bond donors (Lipinski definition) is 1. The summed E-state index contributed by atoms with van der Waals surface area (Å²) in [6, 6.07) is 16.3. The van der Waals surface area contributed by atoms with E-state index < -0.39 is 36.6 Å². The summed E-state index contributed by atoms with van der Waals surface area (Å²) in [6.07, 6.45) is -6.20. The summed E-state index contributed by atoms with van der Waals surface area (Å²) in [7, 11) is 0. The molecule has 1 heterocycles. The van der Waals surface area contributed by atoms with Gasteiger partial charge in [-0.25, -0.2) is 14.0 Å². The molecule has 1 N–H and O–H groups in total. The second-order valence-electron chi connectivity index (χ2n) is 5.71. The topological polar surface area (TPSA) is 82.1 Å². The summed E-state index contributed by atoms with van der Waals surface area (Å²) >= 11 is 0. The first-order chi connectivity index (χ1) is 12.6. The first kappa shape index (κ1) is 18.0. The van der Waals surface area contributed by atoms with Crippen molar-refractivity contribution in [1.29, 1.82) is 0 Å². The number of carbonyl (C=O) groups excluding carboxylic acids is 2. The van der Waals surface area contributed by atoms with Crippen molar-refractivity contribution in [3.05, 3.63) is 71.8 Å². The fourth-order valence-corrected chi connectivity index (χ4v) is 2.56. The van der Waals surface area contributed by atoms with Gasteiger partial charge in [-0.3, -0.25) is 0 Å². The first-order valence-corrected chi connectivity index (χ1v) is 8.02. The van der Waals surface area contributed by atoms with Gasteiger partial charge >= 0.3 is 11.9 Å². The summed E-state index contributed by atoms with van der Waals surface area (Å²) in [5, 5.41) is 9.58. The van der Waals surface area contributed by atoms with E-state index in [1.54, 1.807) is 48.5 Å². The van der Waals surface area contributed by atoms with Gasteiger partial charge in [0.15, 0.2) is 18.6 Å². The monoisotopic (exact) mass is 360 g/mol. The SMILES string of the molecule is O=C(OC[C@@H]1OC(O)[C@@H](F)[C@@H]1OC(=O)c1ccccc1)c1ccccc1. The normalized spacial score (nSPS) is 24.8. The lowest BCUT2D eigenvalue weighted by Crippen LogP contribution is -2.37. The molecule has 0 aromatic heterocycles. The molecule has 136 valence electrons. The van der Waals surface area contributed by atoms with Crippen LogP contribution in [0.1, 0.15) is 20.7 Å². The van der Waals surface area contributed by atoms with Gasteiger partial charge in [0, 0.05) is 0 Å². The van der Waals surface area contributed by atoms with Gasteiger partial charge in [-0.15, -0.1) is 0 Å². The van der Waals surface area contributed by atoms with Crippen molar-refractivity contribution in [3.8, 4) is 0 Å². The molecule has 0 aliphatic carbocycles. The highest BCUT2D eigenvalue weighted by atomic mass is 19.1. The van der Waals surface area contributed by atoms with Crippen LogP contribution in [0.3, 0.4) is 0 Å². The van der Waals surface area contributed by atoms with Gasteiger partial charge in [0.2, 0.25) is 0 Å². The van der Waals surface area contributed by atoms with Crippen LogP contribution in [0.4, 0.5) is 4.39 Å². The number of carbonyl (C=O) groups is 2. The van der Waals surface area contributed by atoms with Gasteiger partial charge in [0.1, 0.15) is 12.7 Å². The second-order valence-corrected chi connectivity index (χ2v) is 5.71. The van der Waals surface area contributed by atoms with Crippen LogP contribution in [0.15, 0.2) is 60.7 Å². The number of ether oxygens (including phenoxy) is 3. The van der Waals surface area contributed by atoms with E-state index in [1.807, 2.05) is 0 Å². The largest absolute Gasteiger partial charge is 0.459 e. The number of aliphatic hydroxyl groups is 1. The van der Waals surface area contributed by atoms with E-state index in [4.69, 9.17) is 14.2 Å². The Kier molecular flexibility index (Phi) is 5.60. The smallest absolute Gasteiger partial charge is 0.338 e. The summed E-state index contributed by atoms with van der Waals surface area (Å²) in [5.74, 6) is -1.38. The third-order valence-corrected chi connectivity index (χ3v) is 3.91. The maximum atomic E-state index is 14.2. The number of halogens is 1. The molecule has 1 aliphatic heterocycles. The molecule has 26 heavy (non-hydrogen) atoms. The predicted molar refractivity (Wildman–Crippen MR) is 88.1 cm³/mol. The highest BCUT2D eigenvalue weighted by Gasteiger charge is 2.47. The molecular weight excluding hydrogens is 343 g/mol. The van der Waals surface area contributed by atoms with Crippen molar-refractivity contribution < 1.29 is 33.3 Å². The molecular formula is C19H17FO6. The molecule has 2 aromatic rings. The average molecular weight is 360 g/mol. The molecule has 0 amide bonds.